The second kappa shape index (κ2) is 10.3. The van der Waals surface area contributed by atoms with Gasteiger partial charge in [-0.15, -0.1) is 0 Å². The average Bonchev–Trinajstić information content (AvgIpc) is 2.62. The van der Waals surface area contributed by atoms with Crippen LogP contribution in [0.3, 0.4) is 0 Å². The Morgan fingerprint density at radius 1 is 0.840 bits per heavy atom. The third-order valence-electron chi connectivity index (χ3n) is 4.14. The maximum atomic E-state index is 12.6. The highest BCUT2D eigenvalue weighted by Gasteiger charge is 2.19. The Hall–Kier alpha value is -2.62. The van der Waals surface area contributed by atoms with Gasteiger partial charge in [-0.25, -0.2) is 0 Å². The number of carboxylic acids is 1. The topological polar surface area (TPSA) is 66.4 Å². The van der Waals surface area contributed by atoms with Crippen LogP contribution in [-0.4, -0.2) is 23.5 Å². The largest absolute Gasteiger partial charge is 0.481 e. The Morgan fingerprint density at radius 2 is 1.36 bits per heavy atom. The summed E-state index contributed by atoms with van der Waals surface area (Å²) < 4.78 is 0. The van der Waals surface area contributed by atoms with Gasteiger partial charge in [0.25, 0.3) is 0 Å². The molecule has 1 amide bonds. The van der Waals surface area contributed by atoms with Gasteiger partial charge in [0.05, 0.1) is 0 Å². The van der Waals surface area contributed by atoms with Crippen LogP contribution in [0.2, 0.25) is 0 Å². The predicted molar refractivity (Wildman–Crippen MR) is 98.3 cm³/mol. The van der Waals surface area contributed by atoms with Crippen molar-refractivity contribution in [2.24, 2.45) is 5.92 Å². The van der Waals surface area contributed by atoms with E-state index in [1.165, 1.54) is 0 Å². The lowest BCUT2D eigenvalue weighted by atomic mass is 9.91. The van der Waals surface area contributed by atoms with Crippen LogP contribution in [0, 0.1) is 5.92 Å². The Bertz CT molecular complexity index is 614. The highest BCUT2D eigenvalue weighted by atomic mass is 16.4. The lowest BCUT2D eigenvalue weighted by Crippen LogP contribution is -2.34. The van der Waals surface area contributed by atoms with Gasteiger partial charge in [0.2, 0.25) is 5.91 Å². The molecule has 0 saturated carbocycles. The van der Waals surface area contributed by atoms with Crippen molar-refractivity contribution in [2.45, 2.75) is 32.1 Å². The summed E-state index contributed by atoms with van der Waals surface area (Å²) in [6.45, 7) is 0.520. The number of benzene rings is 2. The quantitative estimate of drug-likeness (QED) is 0.652. The molecule has 2 N–H and O–H groups in total. The van der Waals surface area contributed by atoms with E-state index in [1.54, 1.807) is 0 Å². The molecule has 0 bridgehead atoms. The summed E-state index contributed by atoms with van der Waals surface area (Å²) in [4.78, 5) is 23.1. The molecular formula is C21H25NO3. The van der Waals surface area contributed by atoms with Crippen molar-refractivity contribution in [3.05, 3.63) is 71.8 Å². The highest BCUT2D eigenvalue weighted by Crippen LogP contribution is 2.15. The first kappa shape index (κ1) is 18.7. The molecule has 4 nitrogen and oxygen atoms in total. The van der Waals surface area contributed by atoms with Gasteiger partial charge in [0, 0.05) is 18.9 Å². The standard InChI is InChI=1S/C21H25NO3/c23-20(24)13-7-8-14-22-21(25)19(15-17-9-3-1-4-10-17)16-18-11-5-2-6-12-18/h1-6,9-12,19H,7-8,13-16H2,(H,22,25)(H,23,24). The molecular weight excluding hydrogens is 314 g/mol. The lowest BCUT2D eigenvalue weighted by Gasteiger charge is -2.17. The Kier molecular flexibility index (Phi) is 7.70. The van der Waals surface area contributed by atoms with E-state index in [4.69, 9.17) is 5.11 Å². The van der Waals surface area contributed by atoms with Gasteiger partial charge in [0.15, 0.2) is 0 Å². The number of nitrogens with one attached hydrogen (secondary N) is 1. The molecule has 0 saturated heterocycles. The SMILES string of the molecule is O=C(O)CCCCNC(=O)C(Cc1ccccc1)Cc1ccccc1. The van der Waals surface area contributed by atoms with Crippen LogP contribution in [0.1, 0.15) is 30.4 Å². The molecule has 2 aromatic rings. The minimum absolute atomic E-state index is 0.0306. The van der Waals surface area contributed by atoms with E-state index in [2.05, 4.69) is 5.32 Å². The summed E-state index contributed by atoms with van der Waals surface area (Å²) in [7, 11) is 0. The molecule has 2 aromatic carbocycles. The summed E-state index contributed by atoms with van der Waals surface area (Å²) in [6, 6.07) is 20.0. The molecule has 0 spiro atoms. The van der Waals surface area contributed by atoms with Gasteiger partial charge in [-0.3, -0.25) is 9.59 Å². The average molecular weight is 339 g/mol. The van der Waals surface area contributed by atoms with Crippen molar-refractivity contribution in [1.29, 1.82) is 0 Å². The fraction of sp³-hybridized carbons (Fsp3) is 0.333. The van der Waals surface area contributed by atoms with Crippen molar-refractivity contribution in [3.63, 3.8) is 0 Å². The molecule has 0 aliphatic rings. The van der Waals surface area contributed by atoms with Gasteiger partial charge in [-0.1, -0.05) is 60.7 Å². The van der Waals surface area contributed by atoms with Crippen molar-refractivity contribution >= 4 is 11.9 Å². The smallest absolute Gasteiger partial charge is 0.303 e. The fourth-order valence-electron chi connectivity index (χ4n) is 2.81. The Labute approximate surface area is 148 Å². The summed E-state index contributed by atoms with van der Waals surface area (Å²) >= 11 is 0. The number of carboxylic acid groups (broad SMARTS) is 1. The normalized spacial score (nSPS) is 10.6. The van der Waals surface area contributed by atoms with E-state index in [9.17, 15) is 9.59 Å². The van der Waals surface area contributed by atoms with Crippen LogP contribution in [0.25, 0.3) is 0 Å². The van der Waals surface area contributed by atoms with E-state index >= 15 is 0 Å². The zero-order valence-electron chi connectivity index (χ0n) is 14.4. The lowest BCUT2D eigenvalue weighted by molar-refractivity contribution is -0.137. The molecule has 0 aliphatic carbocycles. The Balaban J connectivity index is 1.93. The predicted octanol–water partition coefficient (Wildman–Crippen LogP) is 3.46. The molecule has 0 unspecified atom stereocenters. The van der Waals surface area contributed by atoms with E-state index in [-0.39, 0.29) is 18.2 Å². The first-order valence-corrected chi connectivity index (χ1v) is 8.72. The van der Waals surface area contributed by atoms with Crippen molar-refractivity contribution < 1.29 is 14.7 Å². The fourth-order valence-corrected chi connectivity index (χ4v) is 2.81. The first-order valence-electron chi connectivity index (χ1n) is 8.72. The zero-order valence-corrected chi connectivity index (χ0v) is 14.4. The number of hydrogen-bond acceptors (Lipinski definition) is 2. The van der Waals surface area contributed by atoms with Gasteiger partial charge in [-0.2, -0.15) is 0 Å². The highest BCUT2D eigenvalue weighted by molar-refractivity contribution is 5.79. The van der Waals surface area contributed by atoms with Crippen LogP contribution in [-0.2, 0) is 22.4 Å². The minimum atomic E-state index is -0.794. The number of hydrogen-bond donors (Lipinski definition) is 2. The molecule has 0 aliphatic heterocycles. The Morgan fingerprint density at radius 3 is 1.84 bits per heavy atom. The molecule has 0 atom stereocenters. The molecule has 2 rings (SSSR count). The number of rotatable bonds is 10. The first-order chi connectivity index (χ1) is 12.1. The maximum absolute atomic E-state index is 12.6. The molecule has 0 fully saturated rings. The van der Waals surface area contributed by atoms with Crippen molar-refractivity contribution in [1.82, 2.24) is 5.32 Å². The molecule has 4 heteroatoms. The van der Waals surface area contributed by atoms with Crippen LogP contribution < -0.4 is 5.32 Å². The van der Waals surface area contributed by atoms with Gasteiger partial charge in [-0.05, 0) is 36.8 Å². The summed E-state index contributed by atoms with van der Waals surface area (Å²) in [6.07, 6.45) is 2.79. The molecule has 25 heavy (non-hydrogen) atoms. The number of aliphatic carboxylic acids is 1. The second-order valence-electron chi connectivity index (χ2n) is 6.22. The van der Waals surface area contributed by atoms with Crippen LogP contribution in [0.15, 0.2) is 60.7 Å². The van der Waals surface area contributed by atoms with E-state index < -0.39 is 5.97 Å². The number of unbranched alkanes of at least 4 members (excludes halogenated alkanes) is 1. The monoisotopic (exact) mass is 339 g/mol. The summed E-state index contributed by atoms with van der Waals surface area (Å²) in [5.41, 5.74) is 2.29. The van der Waals surface area contributed by atoms with Crippen LogP contribution in [0.5, 0.6) is 0 Å². The maximum Gasteiger partial charge on any atom is 0.303 e. The van der Waals surface area contributed by atoms with Crippen LogP contribution >= 0.6 is 0 Å². The van der Waals surface area contributed by atoms with E-state index in [1.807, 2.05) is 60.7 Å². The zero-order chi connectivity index (χ0) is 17.9. The van der Waals surface area contributed by atoms with E-state index in [0.717, 1.165) is 11.1 Å². The molecule has 0 heterocycles. The molecule has 0 radical (unpaired) electrons. The minimum Gasteiger partial charge on any atom is -0.481 e. The van der Waals surface area contributed by atoms with Gasteiger partial charge >= 0.3 is 5.97 Å². The third-order valence-corrected chi connectivity index (χ3v) is 4.14. The van der Waals surface area contributed by atoms with Crippen molar-refractivity contribution in [2.75, 3.05) is 6.54 Å². The van der Waals surface area contributed by atoms with Gasteiger partial charge < -0.3 is 10.4 Å². The second-order valence-corrected chi connectivity index (χ2v) is 6.22. The third kappa shape index (κ3) is 7.21. The number of carbonyl (C=O) groups excluding carboxylic acids is 1. The summed E-state index contributed by atoms with van der Waals surface area (Å²) in [5, 5.41) is 11.6. The number of amides is 1. The number of carbonyl (C=O) groups is 2. The molecule has 0 aromatic heterocycles. The summed E-state index contributed by atoms with van der Waals surface area (Å²) in [5.74, 6) is -0.898. The molecule has 132 valence electrons. The van der Waals surface area contributed by atoms with E-state index in [0.29, 0.717) is 32.2 Å². The van der Waals surface area contributed by atoms with Crippen molar-refractivity contribution in [3.8, 4) is 0 Å². The van der Waals surface area contributed by atoms with Gasteiger partial charge in [0.1, 0.15) is 0 Å². The van der Waals surface area contributed by atoms with Crippen LogP contribution in [0.4, 0.5) is 0 Å².